The molecule has 0 aliphatic carbocycles. The van der Waals surface area contributed by atoms with Crippen molar-refractivity contribution in [1.82, 2.24) is 4.57 Å². The molecule has 0 fully saturated rings. The van der Waals surface area contributed by atoms with Gasteiger partial charge in [-0.15, -0.1) is 0 Å². The standard InChI is InChI=1S/C17H22N2O/c1-3-11-18-16-10-13-19(14(2)17(16)20)12-9-15-7-5-4-6-8-15/h4-8,10,13,20H,3,9,11-12H2,1-2H3/p-1. The summed E-state index contributed by atoms with van der Waals surface area (Å²) in [6, 6.07) is 12.1. The van der Waals surface area contributed by atoms with Crippen molar-refractivity contribution < 1.29 is 5.11 Å². The van der Waals surface area contributed by atoms with Crippen molar-refractivity contribution in [3.05, 3.63) is 59.2 Å². The molecule has 0 atom stereocenters. The Bertz CT molecular complexity index is 615. The van der Waals surface area contributed by atoms with Gasteiger partial charge in [0.05, 0.1) is 5.36 Å². The molecule has 3 heteroatoms. The third-order valence-corrected chi connectivity index (χ3v) is 3.39. The third kappa shape index (κ3) is 3.50. The average Bonchev–Trinajstić information content (AvgIpc) is 2.49. The van der Waals surface area contributed by atoms with Crippen molar-refractivity contribution in [2.24, 2.45) is 4.99 Å². The molecule has 0 bridgehead atoms. The predicted molar refractivity (Wildman–Crippen MR) is 79.5 cm³/mol. The lowest BCUT2D eigenvalue weighted by Crippen LogP contribution is -2.18. The van der Waals surface area contributed by atoms with Gasteiger partial charge in [-0.05, 0) is 31.4 Å². The first-order chi connectivity index (χ1) is 9.72. The molecular formula is C17H21N2O-. The van der Waals surface area contributed by atoms with Gasteiger partial charge in [-0.25, -0.2) is 0 Å². The van der Waals surface area contributed by atoms with E-state index in [2.05, 4.69) is 24.0 Å². The number of rotatable bonds is 5. The quantitative estimate of drug-likeness (QED) is 0.821. The molecule has 0 amide bonds. The largest absolute Gasteiger partial charge is 0.870 e. The Morgan fingerprint density at radius 3 is 2.60 bits per heavy atom. The minimum absolute atomic E-state index is 0.0500. The summed E-state index contributed by atoms with van der Waals surface area (Å²) >= 11 is 0. The van der Waals surface area contributed by atoms with E-state index in [4.69, 9.17) is 0 Å². The van der Waals surface area contributed by atoms with Crippen LogP contribution in [0.5, 0.6) is 5.75 Å². The van der Waals surface area contributed by atoms with Gasteiger partial charge in [0.2, 0.25) is 0 Å². The van der Waals surface area contributed by atoms with E-state index in [0.717, 1.165) is 25.1 Å². The zero-order chi connectivity index (χ0) is 14.4. The van der Waals surface area contributed by atoms with Crippen LogP contribution in [0.2, 0.25) is 0 Å². The molecule has 0 aliphatic heterocycles. The molecule has 1 heterocycles. The highest BCUT2D eigenvalue weighted by atomic mass is 16.3. The van der Waals surface area contributed by atoms with Crippen LogP contribution in [-0.2, 0) is 13.0 Å². The zero-order valence-corrected chi connectivity index (χ0v) is 12.2. The summed E-state index contributed by atoms with van der Waals surface area (Å²) in [5.41, 5.74) is 2.05. The van der Waals surface area contributed by atoms with Crippen LogP contribution in [0.1, 0.15) is 24.6 Å². The maximum Gasteiger partial charge on any atom is 0.0527 e. The smallest absolute Gasteiger partial charge is 0.0527 e. The maximum absolute atomic E-state index is 12.2. The van der Waals surface area contributed by atoms with E-state index < -0.39 is 0 Å². The Morgan fingerprint density at radius 1 is 1.15 bits per heavy atom. The fourth-order valence-electron chi connectivity index (χ4n) is 2.16. The fourth-order valence-corrected chi connectivity index (χ4v) is 2.16. The van der Waals surface area contributed by atoms with Gasteiger partial charge in [-0.3, -0.25) is 4.99 Å². The van der Waals surface area contributed by atoms with Gasteiger partial charge in [0.25, 0.3) is 0 Å². The third-order valence-electron chi connectivity index (χ3n) is 3.39. The summed E-state index contributed by atoms with van der Waals surface area (Å²) in [7, 11) is 0. The summed E-state index contributed by atoms with van der Waals surface area (Å²) in [6.07, 6.45) is 3.85. The van der Waals surface area contributed by atoms with Crippen LogP contribution in [0, 0.1) is 6.92 Å². The van der Waals surface area contributed by atoms with Crippen molar-refractivity contribution in [3.63, 3.8) is 0 Å². The molecule has 0 unspecified atom stereocenters. The van der Waals surface area contributed by atoms with E-state index in [1.54, 1.807) is 0 Å². The van der Waals surface area contributed by atoms with Crippen molar-refractivity contribution in [1.29, 1.82) is 0 Å². The first-order valence-corrected chi connectivity index (χ1v) is 7.14. The number of benzene rings is 1. The lowest BCUT2D eigenvalue weighted by Gasteiger charge is -2.18. The number of aromatic nitrogens is 1. The Hall–Kier alpha value is -2.03. The van der Waals surface area contributed by atoms with E-state index in [1.807, 2.05) is 42.0 Å². The Morgan fingerprint density at radius 2 is 1.90 bits per heavy atom. The Labute approximate surface area is 120 Å². The second-order valence-electron chi connectivity index (χ2n) is 4.93. The van der Waals surface area contributed by atoms with Crippen LogP contribution in [-0.4, -0.2) is 11.1 Å². The summed E-state index contributed by atoms with van der Waals surface area (Å²) in [4.78, 5) is 4.32. The van der Waals surface area contributed by atoms with Crippen LogP contribution in [0.4, 0.5) is 0 Å². The number of pyridine rings is 1. The van der Waals surface area contributed by atoms with Gasteiger partial charge in [0, 0.05) is 25.0 Å². The van der Waals surface area contributed by atoms with Gasteiger partial charge in [-0.1, -0.05) is 43.0 Å². The minimum Gasteiger partial charge on any atom is -0.870 e. The first-order valence-electron chi connectivity index (χ1n) is 7.14. The highest BCUT2D eigenvalue weighted by Crippen LogP contribution is 2.09. The van der Waals surface area contributed by atoms with E-state index in [1.165, 1.54) is 5.56 Å². The van der Waals surface area contributed by atoms with Crippen LogP contribution in [0.15, 0.2) is 47.6 Å². The number of hydrogen-bond donors (Lipinski definition) is 0. The first kappa shape index (κ1) is 14.4. The fraction of sp³-hybridized carbons (Fsp3) is 0.353. The Kier molecular flexibility index (Phi) is 4.99. The van der Waals surface area contributed by atoms with E-state index in [0.29, 0.717) is 11.9 Å². The molecule has 2 rings (SSSR count). The van der Waals surface area contributed by atoms with Crippen LogP contribution in [0.3, 0.4) is 0 Å². The summed E-state index contributed by atoms with van der Waals surface area (Å²) in [6.45, 7) is 5.46. The Balaban J connectivity index is 2.15. The number of nitrogens with zero attached hydrogens (tertiary/aromatic N) is 2. The molecule has 1 aromatic heterocycles. The topological polar surface area (TPSA) is 40.3 Å². The molecule has 2 aromatic rings. The highest BCUT2D eigenvalue weighted by Gasteiger charge is 1.99. The summed E-state index contributed by atoms with van der Waals surface area (Å²) in [5, 5.41) is 12.8. The van der Waals surface area contributed by atoms with E-state index in [9.17, 15) is 5.11 Å². The molecular weight excluding hydrogens is 248 g/mol. The van der Waals surface area contributed by atoms with Gasteiger partial charge < -0.3 is 9.67 Å². The van der Waals surface area contributed by atoms with Crippen LogP contribution < -0.4 is 10.5 Å². The van der Waals surface area contributed by atoms with Crippen LogP contribution in [0.25, 0.3) is 0 Å². The SMILES string of the molecule is CCCN=c1ccn(CCc2ccccc2)c(C)c1[O-]. The number of hydrogen-bond acceptors (Lipinski definition) is 2. The predicted octanol–water partition coefficient (Wildman–Crippen LogP) is 2.42. The average molecular weight is 269 g/mol. The summed E-state index contributed by atoms with van der Waals surface area (Å²) in [5.74, 6) is 0.0500. The molecule has 106 valence electrons. The normalized spacial score (nSPS) is 11.8. The molecule has 0 radical (unpaired) electrons. The number of aryl methyl sites for hydroxylation is 2. The van der Waals surface area contributed by atoms with Gasteiger partial charge in [-0.2, -0.15) is 0 Å². The van der Waals surface area contributed by atoms with Crippen molar-refractivity contribution in [2.75, 3.05) is 6.54 Å². The van der Waals surface area contributed by atoms with Crippen molar-refractivity contribution >= 4 is 0 Å². The van der Waals surface area contributed by atoms with E-state index >= 15 is 0 Å². The molecule has 0 saturated heterocycles. The molecule has 20 heavy (non-hydrogen) atoms. The molecule has 0 spiro atoms. The van der Waals surface area contributed by atoms with Crippen molar-refractivity contribution in [3.8, 4) is 5.75 Å². The van der Waals surface area contributed by atoms with Gasteiger partial charge in [0.15, 0.2) is 0 Å². The minimum atomic E-state index is 0.0500. The van der Waals surface area contributed by atoms with E-state index in [-0.39, 0.29) is 5.75 Å². The van der Waals surface area contributed by atoms with Crippen molar-refractivity contribution in [2.45, 2.75) is 33.2 Å². The molecule has 0 N–H and O–H groups in total. The van der Waals surface area contributed by atoms with Gasteiger partial charge >= 0.3 is 0 Å². The second-order valence-corrected chi connectivity index (χ2v) is 4.93. The second kappa shape index (κ2) is 6.94. The molecule has 0 saturated carbocycles. The molecule has 0 aliphatic rings. The zero-order valence-electron chi connectivity index (χ0n) is 12.2. The monoisotopic (exact) mass is 269 g/mol. The van der Waals surface area contributed by atoms with Crippen LogP contribution >= 0.6 is 0 Å². The molecule has 3 nitrogen and oxygen atoms in total. The highest BCUT2D eigenvalue weighted by molar-refractivity contribution is 5.24. The molecule has 1 aromatic carbocycles. The lowest BCUT2D eigenvalue weighted by molar-refractivity contribution is -0.271. The summed E-state index contributed by atoms with van der Waals surface area (Å²) < 4.78 is 2.01. The van der Waals surface area contributed by atoms with Gasteiger partial charge in [0.1, 0.15) is 0 Å². The maximum atomic E-state index is 12.2. The lowest BCUT2D eigenvalue weighted by atomic mass is 10.1.